The topological polar surface area (TPSA) is 55.4 Å². The highest BCUT2D eigenvalue weighted by atomic mass is 28.4. The molecule has 0 bridgehead atoms. The highest BCUT2D eigenvalue weighted by molar-refractivity contribution is 6.60. The van der Waals surface area contributed by atoms with Gasteiger partial charge >= 0.3 is 8.80 Å². The first-order valence-electron chi connectivity index (χ1n) is 6.79. The summed E-state index contributed by atoms with van der Waals surface area (Å²) in [7, 11) is 2.18. The second-order valence-electron chi connectivity index (χ2n) is 4.89. The molecule has 0 aliphatic carbocycles. The van der Waals surface area contributed by atoms with E-state index in [1.807, 2.05) is 0 Å². The van der Waals surface area contributed by atoms with Crippen LogP contribution in [0.3, 0.4) is 0 Å². The zero-order valence-electron chi connectivity index (χ0n) is 12.0. The van der Waals surface area contributed by atoms with Crippen molar-refractivity contribution in [2.75, 3.05) is 34.5 Å². The monoisotopic (exact) mass is 292 g/mol. The van der Waals surface area contributed by atoms with E-state index < -0.39 is 14.8 Å². The fourth-order valence-corrected chi connectivity index (χ4v) is 4.31. The lowest BCUT2D eigenvalue weighted by Gasteiger charge is -2.28. The average Bonchev–Trinajstić information content (AvgIpc) is 2.68. The molecule has 2 heterocycles. The summed E-state index contributed by atoms with van der Waals surface area (Å²) in [5, 5.41) is 0. The molecule has 0 radical (unpaired) electrons. The molecule has 2 aliphatic rings. The van der Waals surface area contributed by atoms with Gasteiger partial charge in [0.25, 0.3) is 5.97 Å². The summed E-state index contributed by atoms with van der Waals surface area (Å²) >= 11 is 0. The summed E-state index contributed by atoms with van der Waals surface area (Å²) in [6.07, 6.45) is 3.96. The van der Waals surface area contributed by atoms with Gasteiger partial charge in [-0.05, 0) is 12.8 Å². The molecule has 0 saturated carbocycles. The van der Waals surface area contributed by atoms with E-state index in [-0.39, 0.29) is 6.10 Å². The second-order valence-corrected chi connectivity index (χ2v) is 7.89. The van der Waals surface area contributed by atoms with E-state index in [4.69, 9.17) is 27.5 Å². The van der Waals surface area contributed by atoms with Crippen LogP contribution in [0.1, 0.15) is 25.7 Å². The largest absolute Gasteiger partial charge is 0.502 e. The lowest BCUT2D eigenvalue weighted by Crippen LogP contribution is -2.46. The van der Waals surface area contributed by atoms with Gasteiger partial charge < -0.3 is 27.5 Å². The standard InChI is InChI=1S/C12H24O6Si/c1-13-19(14-2,15-3)10-11-9-17-12(18-11)7-5-4-6-8-16-12/h11H,4-10H2,1-3H3. The van der Waals surface area contributed by atoms with Crippen molar-refractivity contribution in [1.29, 1.82) is 0 Å². The van der Waals surface area contributed by atoms with Crippen molar-refractivity contribution in [3.8, 4) is 0 Å². The molecule has 0 aromatic heterocycles. The Kier molecular flexibility index (Phi) is 5.35. The van der Waals surface area contributed by atoms with Crippen LogP contribution >= 0.6 is 0 Å². The summed E-state index contributed by atoms with van der Waals surface area (Å²) in [5.41, 5.74) is 0. The third-order valence-corrected chi connectivity index (χ3v) is 6.52. The summed E-state index contributed by atoms with van der Waals surface area (Å²) in [5.74, 6) is -0.851. The van der Waals surface area contributed by atoms with Gasteiger partial charge in [0.1, 0.15) is 0 Å². The van der Waals surface area contributed by atoms with Crippen molar-refractivity contribution in [3.05, 3.63) is 0 Å². The lowest BCUT2D eigenvalue weighted by atomic mass is 10.2. The fourth-order valence-electron chi connectivity index (χ4n) is 2.55. The van der Waals surface area contributed by atoms with E-state index >= 15 is 0 Å². The van der Waals surface area contributed by atoms with Crippen LogP contribution in [0.15, 0.2) is 0 Å². The van der Waals surface area contributed by atoms with E-state index in [0.29, 0.717) is 19.3 Å². The minimum absolute atomic E-state index is 0.107. The Morgan fingerprint density at radius 1 is 1.05 bits per heavy atom. The quantitative estimate of drug-likeness (QED) is 0.716. The highest BCUT2D eigenvalue weighted by Gasteiger charge is 2.49. The van der Waals surface area contributed by atoms with Gasteiger partial charge in [-0.15, -0.1) is 0 Å². The Morgan fingerprint density at radius 2 is 1.79 bits per heavy atom. The maximum atomic E-state index is 5.98. The Hall–Kier alpha value is -0.0231. The van der Waals surface area contributed by atoms with Gasteiger partial charge in [-0.2, -0.15) is 0 Å². The van der Waals surface area contributed by atoms with E-state index in [1.54, 1.807) is 21.3 Å². The van der Waals surface area contributed by atoms with Crippen LogP contribution in [-0.4, -0.2) is 55.4 Å². The van der Waals surface area contributed by atoms with Crippen LogP contribution in [-0.2, 0) is 27.5 Å². The summed E-state index contributed by atoms with van der Waals surface area (Å²) < 4.78 is 33.7. The van der Waals surface area contributed by atoms with E-state index in [2.05, 4.69) is 0 Å². The zero-order chi connectivity index (χ0) is 13.8. The molecular weight excluding hydrogens is 268 g/mol. The van der Waals surface area contributed by atoms with Crippen LogP contribution in [0.5, 0.6) is 0 Å². The first-order valence-corrected chi connectivity index (χ1v) is 8.72. The summed E-state index contributed by atoms with van der Waals surface area (Å²) in [6.45, 7) is 1.18. The van der Waals surface area contributed by atoms with Gasteiger partial charge in [0.15, 0.2) is 0 Å². The lowest BCUT2D eigenvalue weighted by molar-refractivity contribution is -0.335. The fraction of sp³-hybridized carbons (Fsp3) is 1.00. The van der Waals surface area contributed by atoms with Crippen molar-refractivity contribution in [2.24, 2.45) is 0 Å². The molecule has 2 atom stereocenters. The van der Waals surface area contributed by atoms with Crippen molar-refractivity contribution in [1.82, 2.24) is 0 Å². The Bertz CT molecular complexity index is 267. The molecule has 0 aromatic rings. The van der Waals surface area contributed by atoms with Crippen LogP contribution in [0.25, 0.3) is 0 Å². The normalized spacial score (nSPS) is 32.7. The van der Waals surface area contributed by atoms with Crippen molar-refractivity contribution >= 4 is 8.80 Å². The summed E-state index contributed by atoms with van der Waals surface area (Å²) in [6, 6.07) is 0.571. The molecule has 1 spiro atoms. The number of hydrogen-bond acceptors (Lipinski definition) is 6. The number of ether oxygens (including phenoxy) is 3. The van der Waals surface area contributed by atoms with Gasteiger partial charge in [0.2, 0.25) is 0 Å². The van der Waals surface area contributed by atoms with Crippen molar-refractivity contribution in [2.45, 2.75) is 43.8 Å². The molecule has 2 rings (SSSR count). The van der Waals surface area contributed by atoms with Gasteiger partial charge in [-0.3, -0.25) is 0 Å². The molecule has 0 amide bonds. The maximum Gasteiger partial charge on any atom is 0.502 e. The maximum absolute atomic E-state index is 5.98. The summed E-state index contributed by atoms with van der Waals surface area (Å²) in [4.78, 5) is 0. The molecule has 19 heavy (non-hydrogen) atoms. The Morgan fingerprint density at radius 3 is 2.47 bits per heavy atom. The van der Waals surface area contributed by atoms with E-state index in [1.165, 1.54) is 0 Å². The van der Waals surface area contributed by atoms with E-state index in [0.717, 1.165) is 25.7 Å². The van der Waals surface area contributed by atoms with Gasteiger partial charge in [0.05, 0.1) is 19.3 Å². The minimum atomic E-state index is -2.64. The molecule has 7 heteroatoms. The van der Waals surface area contributed by atoms with Crippen molar-refractivity contribution in [3.63, 3.8) is 0 Å². The van der Waals surface area contributed by atoms with Gasteiger partial charge in [-0.1, -0.05) is 6.42 Å². The zero-order valence-corrected chi connectivity index (χ0v) is 13.0. The van der Waals surface area contributed by atoms with Crippen LogP contribution in [0.2, 0.25) is 6.04 Å². The van der Waals surface area contributed by atoms with E-state index in [9.17, 15) is 0 Å². The Balaban J connectivity index is 1.93. The molecule has 0 aromatic carbocycles. The van der Waals surface area contributed by atoms with Crippen LogP contribution in [0.4, 0.5) is 0 Å². The molecule has 2 aliphatic heterocycles. The first-order chi connectivity index (χ1) is 9.17. The average molecular weight is 292 g/mol. The Labute approximate surface area is 115 Å². The molecule has 2 saturated heterocycles. The second kappa shape index (κ2) is 6.62. The minimum Gasteiger partial charge on any atom is -0.377 e. The smallest absolute Gasteiger partial charge is 0.377 e. The molecule has 0 N–H and O–H groups in total. The van der Waals surface area contributed by atoms with Crippen molar-refractivity contribution < 1.29 is 27.5 Å². The van der Waals surface area contributed by atoms with Gasteiger partial charge in [-0.25, -0.2) is 0 Å². The number of rotatable bonds is 5. The van der Waals surface area contributed by atoms with Gasteiger partial charge in [0, 0.05) is 33.8 Å². The highest BCUT2D eigenvalue weighted by Crippen LogP contribution is 2.35. The molecule has 2 fully saturated rings. The van der Waals surface area contributed by atoms with Crippen LogP contribution in [0, 0.1) is 0 Å². The first kappa shape index (κ1) is 15.4. The molecule has 112 valence electrons. The molecular formula is C12H24O6Si. The third-order valence-electron chi connectivity index (χ3n) is 3.70. The predicted molar refractivity (Wildman–Crippen MR) is 69.6 cm³/mol. The third kappa shape index (κ3) is 3.55. The van der Waals surface area contributed by atoms with Crippen LogP contribution < -0.4 is 0 Å². The predicted octanol–water partition coefficient (Wildman–Crippen LogP) is 1.52. The molecule has 6 nitrogen and oxygen atoms in total. The molecule has 2 unspecified atom stereocenters. The number of hydrogen-bond donors (Lipinski definition) is 0. The SMILES string of the molecule is CO[Si](CC1COC2(CCCCCO2)O1)(OC)OC.